The largest absolute Gasteiger partial charge is 0.497 e. The number of ether oxygens (including phenoxy) is 2. The molecule has 1 saturated heterocycles. The van der Waals surface area contributed by atoms with Crippen LogP contribution < -0.4 is 15.2 Å². The average molecular weight is 356 g/mol. The molecule has 0 bridgehead atoms. The van der Waals surface area contributed by atoms with Gasteiger partial charge in [-0.15, -0.1) is 0 Å². The molecule has 7 nitrogen and oxygen atoms in total. The maximum Gasteiger partial charge on any atom is 0.231 e. The summed E-state index contributed by atoms with van der Waals surface area (Å²) in [6, 6.07) is 9.11. The number of likely N-dealkylation sites (tertiary alicyclic amines) is 1. The number of nitrogens with zero attached hydrogens (tertiary/aromatic N) is 3. The fourth-order valence-electron chi connectivity index (χ4n) is 3.20. The number of carbonyl (C=O) groups excluding carboxylic acids is 1. The van der Waals surface area contributed by atoms with E-state index in [-0.39, 0.29) is 18.5 Å². The summed E-state index contributed by atoms with van der Waals surface area (Å²) in [6.45, 7) is 2.95. The Kier molecular flexibility index (Phi) is 5.68. The van der Waals surface area contributed by atoms with Gasteiger partial charge in [-0.3, -0.25) is 9.69 Å². The Hall–Kier alpha value is -2.67. The van der Waals surface area contributed by atoms with Crippen LogP contribution >= 0.6 is 0 Å². The van der Waals surface area contributed by atoms with Gasteiger partial charge in [0.05, 0.1) is 19.7 Å². The predicted molar refractivity (Wildman–Crippen MR) is 97.2 cm³/mol. The molecule has 0 aliphatic carbocycles. The van der Waals surface area contributed by atoms with Gasteiger partial charge in [-0.2, -0.15) is 4.98 Å². The van der Waals surface area contributed by atoms with Crippen molar-refractivity contribution in [3.8, 4) is 17.4 Å². The minimum Gasteiger partial charge on any atom is -0.497 e. The molecule has 0 saturated carbocycles. The number of hydrogen-bond donors (Lipinski definition) is 1. The minimum atomic E-state index is -0.334. The predicted octanol–water partition coefficient (Wildman–Crippen LogP) is 2.60. The van der Waals surface area contributed by atoms with Crippen molar-refractivity contribution < 1.29 is 14.3 Å². The van der Waals surface area contributed by atoms with Gasteiger partial charge in [-0.1, -0.05) is 6.42 Å². The van der Waals surface area contributed by atoms with Gasteiger partial charge in [-0.25, -0.2) is 4.98 Å². The van der Waals surface area contributed by atoms with Crippen molar-refractivity contribution in [1.82, 2.24) is 14.9 Å². The molecule has 1 fully saturated rings. The first kappa shape index (κ1) is 18.1. The van der Waals surface area contributed by atoms with Crippen LogP contribution in [0.3, 0.4) is 0 Å². The Morgan fingerprint density at radius 2 is 1.96 bits per heavy atom. The van der Waals surface area contributed by atoms with E-state index in [0.29, 0.717) is 17.5 Å². The number of aryl methyl sites for hydroxylation is 1. The van der Waals surface area contributed by atoms with Crippen molar-refractivity contribution in [3.05, 3.63) is 41.9 Å². The molecule has 3 rings (SSSR count). The second-order valence-corrected chi connectivity index (χ2v) is 6.43. The summed E-state index contributed by atoms with van der Waals surface area (Å²) < 4.78 is 11.0. The average Bonchev–Trinajstić information content (AvgIpc) is 2.62. The number of piperidine rings is 1. The Morgan fingerprint density at radius 3 is 2.65 bits per heavy atom. The fourth-order valence-corrected chi connectivity index (χ4v) is 3.20. The van der Waals surface area contributed by atoms with Crippen LogP contribution in [0.2, 0.25) is 0 Å². The third-order valence-electron chi connectivity index (χ3n) is 4.40. The summed E-state index contributed by atoms with van der Waals surface area (Å²) in [7, 11) is 1.62. The third kappa shape index (κ3) is 4.49. The van der Waals surface area contributed by atoms with E-state index in [2.05, 4.69) is 14.9 Å². The molecule has 2 N–H and O–H groups in total. The Bertz CT molecular complexity index is 764. The number of aromatic nitrogens is 2. The molecule has 1 aliphatic heterocycles. The highest BCUT2D eigenvalue weighted by Gasteiger charge is 2.27. The van der Waals surface area contributed by atoms with Crippen LogP contribution in [0.5, 0.6) is 17.4 Å². The van der Waals surface area contributed by atoms with Crippen molar-refractivity contribution in [1.29, 1.82) is 0 Å². The van der Waals surface area contributed by atoms with E-state index < -0.39 is 0 Å². The Balaban J connectivity index is 1.82. The van der Waals surface area contributed by atoms with E-state index in [0.717, 1.165) is 37.3 Å². The number of benzene rings is 1. The van der Waals surface area contributed by atoms with Crippen molar-refractivity contribution in [2.24, 2.45) is 5.73 Å². The second kappa shape index (κ2) is 8.14. The molecule has 7 heteroatoms. The van der Waals surface area contributed by atoms with Crippen LogP contribution in [0.1, 0.15) is 36.8 Å². The van der Waals surface area contributed by atoms with Crippen LogP contribution in [-0.4, -0.2) is 41.0 Å². The minimum absolute atomic E-state index is 0.0191. The summed E-state index contributed by atoms with van der Waals surface area (Å²) in [4.78, 5) is 22.6. The molecular weight excluding hydrogens is 332 g/mol. The zero-order valence-electron chi connectivity index (χ0n) is 15.1. The van der Waals surface area contributed by atoms with Gasteiger partial charge in [0.1, 0.15) is 17.3 Å². The topological polar surface area (TPSA) is 90.6 Å². The molecular formula is C19H24N4O3. The number of rotatable bonds is 6. The lowest BCUT2D eigenvalue weighted by Crippen LogP contribution is -2.40. The van der Waals surface area contributed by atoms with Gasteiger partial charge in [0.15, 0.2) is 0 Å². The maximum absolute atomic E-state index is 11.4. The fraction of sp³-hybridized carbons (Fsp3) is 0.421. The molecule has 1 amide bonds. The molecule has 2 heterocycles. The first-order valence-electron chi connectivity index (χ1n) is 8.75. The van der Waals surface area contributed by atoms with Crippen LogP contribution in [0, 0.1) is 6.92 Å². The SMILES string of the molecule is COc1ccc(Oc2cc(C)nc([C@@H]3CCCCN3CC(N)=O)n2)cc1. The van der Waals surface area contributed by atoms with E-state index in [4.69, 9.17) is 15.2 Å². The molecule has 0 radical (unpaired) electrons. The maximum atomic E-state index is 11.4. The van der Waals surface area contributed by atoms with Crippen LogP contribution in [0.25, 0.3) is 0 Å². The summed E-state index contributed by atoms with van der Waals surface area (Å²) >= 11 is 0. The van der Waals surface area contributed by atoms with Crippen molar-refractivity contribution >= 4 is 5.91 Å². The van der Waals surface area contributed by atoms with E-state index in [9.17, 15) is 4.79 Å². The number of primary amides is 1. The molecule has 1 aliphatic rings. The molecule has 138 valence electrons. The number of methoxy groups -OCH3 is 1. The van der Waals surface area contributed by atoms with Crippen molar-refractivity contribution in [3.63, 3.8) is 0 Å². The van der Waals surface area contributed by atoms with E-state index >= 15 is 0 Å². The number of carbonyl (C=O) groups is 1. The first-order valence-corrected chi connectivity index (χ1v) is 8.75. The van der Waals surface area contributed by atoms with Gasteiger partial charge < -0.3 is 15.2 Å². The van der Waals surface area contributed by atoms with E-state index in [1.807, 2.05) is 31.2 Å². The molecule has 1 aromatic carbocycles. The molecule has 1 atom stereocenters. The van der Waals surface area contributed by atoms with Gasteiger partial charge >= 0.3 is 0 Å². The molecule has 1 aromatic heterocycles. The highest BCUT2D eigenvalue weighted by Crippen LogP contribution is 2.30. The van der Waals surface area contributed by atoms with E-state index in [1.54, 1.807) is 13.2 Å². The number of nitrogens with two attached hydrogens (primary N) is 1. The zero-order chi connectivity index (χ0) is 18.5. The van der Waals surface area contributed by atoms with Crippen LogP contribution in [0.15, 0.2) is 30.3 Å². The third-order valence-corrected chi connectivity index (χ3v) is 4.40. The van der Waals surface area contributed by atoms with E-state index in [1.165, 1.54) is 0 Å². The number of hydrogen-bond acceptors (Lipinski definition) is 6. The van der Waals surface area contributed by atoms with Gasteiger partial charge in [0.2, 0.25) is 11.8 Å². The first-order chi connectivity index (χ1) is 12.5. The summed E-state index contributed by atoms with van der Waals surface area (Å²) in [5, 5.41) is 0. The summed E-state index contributed by atoms with van der Waals surface area (Å²) in [5.74, 6) is 2.27. The Morgan fingerprint density at radius 1 is 1.23 bits per heavy atom. The molecule has 2 aromatic rings. The molecule has 26 heavy (non-hydrogen) atoms. The molecule has 0 unspecified atom stereocenters. The van der Waals surface area contributed by atoms with Gasteiger partial charge in [-0.05, 0) is 50.6 Å². The standard InChI is InChI=1S/C19H24N4O3/c1-13-11-18(26-15-8-6-14(25-2)7-9-15)22-19(21-13)16-5-3-4-10-23(16)12-17(20)24/h6-9,11,16H,3-5,10,12H2,1-2H3,(H2,20,24)/t16-/m0/s1. The van der Waals surface area contributed by atoms with Crippen molar-refractivity contribution in [2.45, 2.75) is 32.2 Å². The Labute approximate surface area is 153 Å². The lowest BCUT2D eigenvalue weighted by Gasteiger charge is -2.33. The highest BCUT2D eigenvalue weighted by molar-refractivity contribution is 5.76. The summed E-state index contributed by atoms with van der Waals surface area (Å²) in [6.07, 6.45) is 3.02. The smallest absolute Gasteiger partial charge is 0.231 e. The van der Waals surface area contributed by atoms with Crippen LogP contribution in [0.4, 0.5) is 0 Å². The monoisotopic (exact) mass is 356 g/mol. The quantitative estimate of drug-likeness (QED) is 0.855. The molecule has 0 spiro atoms. The van der Waals surface area contributed by atoms with Crippen LogP contribution in [-0.2, 0) is 4.79 Å². The zero-order valence-corrected chi connectivity index (χ0v) is 15.1. The highest BCUT2D eigenvalue weighted by atomic mass is 16.5. The van der Waals surface area contributed by atoms with Gasteiger partial charge in [0, 0.05) is 11.8 Å². The van der Waals surface area contributed by atoms with Crippen molar-refractivity contribution in [2.75, 3.05) is 20.2 Å². The second-order valence-electron chi connectivity index (χ2n) is 6.43. The van der Waals surface area contributed by atoms with Gasteiger partial charge in [0.25, 0.3) is 0 Å². The summed E-state index contributed by atoms with van der Waals surface area (Å²) in [5.41, 5.74) is 6.22. The number of amides is 1. The lowest BCUT2D eigenvalue weighted by atomic mass is 10.0. The lowest BCUT2D eigenvalue weighted by molar-refractivity contribution is -0.120. The normalized spacial score (nSPS) is 17.7.